The maximum atomic E-state index is 13.0. The van der Waals surface area contributed by atoms with Crippen LogP contribution in [0.5, 0.6) is 0 Å². The molecular formula is C124H55N5O6S. The number of hydrogen-bond donors (Lipinski definition) is 1. The summed E-state index contributed by atoms with van der Waals surface area (Å²) in [7, 11) is 2.62. The lowest BCUT2D eigenvalue weighted by atomic mass is 10.0. The Labute approximate surface area is 804 Å². The van der Waals surface area contributed by atoms with Crippen molar-refractivity contribution in [3.63, 3.8) is 0 Å². The van der Waals surface area contributed by atoms with Gasteiger partial charge in [-0.25, -0.2) is 8.42 Å². The van der Waals surface area contributed by atoms with Gasteiger partial charge in [-0.05, 0) is 135 Å². The van der Waals surface area contributed by atoms with Gasteiger partial charge in [-0.2, -0.15) is 4.31 Å². The lowest BCUT2D eigenvalue weighted by Gasteiger charge is -2.41. The summed E-state index contributed by atoms with van der Waals surface area (Å²) in [6.07, 6.45) is 10.8. The molecule has 1 N–H and O–H groups in total. The van der Waals surface area contributed by atoms with Crippen molar-refractivity contribution >= 4 is 21.6 Å². The van der Waals surface area contributed by atoms with E-state index in [1.54, 1.807) is 12.1 Å². The average Bonchev–Trinajstić information content (AvgIpc) is 1.58. The second kappa shape index (κ2) is 77.8. The summed E-state index contributed by atoms with van der Waals surface area (Å²) in [5.41, 5.74) is -0.146. The summed E-state index contributed by atoms with van der Waals surface area (Å²) in [6.45, 7) is 12.0. The molecule has 0 amide bonds. The molecule has 0 bridgehead atoms. The van der Waals surface area contributed by atoms with Crippen LogP contribution in [-0.4, -0.2) is 137 Å². The molecule has 12 heteroatoms. The zero-order valence-electron chi connectivity index (χ0n) is 73.6. The molecule has 136 heavy (non-hydrogen) atoms. The summed E-state index contributed by atoms with van der Waals surface area (Å²) >= 11 is 0. The highest BCUT2D eigenvalue weighted by Crippen LogP contribution is 2.38. The van der Waals surface area contributed by atoms with Gasteiger partial charge in [0.2, 0.25) is 10.0 Å². The second-order valence-corrected chi connectivity index (χ2v) is 25.8. The van der Waals surface area contributed by atoms with Gasteiger partial charge in [-0.3, -0.25) is 14.9 Å². The van der Waals surface area contributed by atoms with Gasteiger partial charge in [0.1, 0.15) is 17.2 Å². The van der Waals surface area contributed by atoms with Gasteiger partial charge in [0.05, 0.1) is 18.1 Å². The first-order chi connectivity index (χ1) is 66.9. The number of Topliss-reactive ketones (excluding diaryl/α,β-unsaturated/α-hetero) is 2. The molecule has 1 aromatic carbocycles. The number of terminal acetylenes is 1. The van der Waals surface area contributed by atoms with Gasteiger partial charge in [0, 0.05) is 541 Å². The van der Waals surface area contributed by atoms with E-state index in [0.717, 1.165) is 84.5 Å². The Bertz CT molecular complexity index is 8360. The fraction of sp³-hybridized carbons (Fsp3) is 0.194. The Morgan fingerprint density at radius 3 is 0.721 bits per heavy atom. The van der Waals surface area contributed by atoms with Gasteiger partial charge in [0.25, 0.3) is 0 Å². The third-order valence-electron chi connectivity index (χ3n) is 14.8. The highest BCUT2D eigenvalue weighted by molar-refractivity contribution is 7.89. The van der Waals surface area contributed by atoms with Crippen LogP contribution in [0.2, 0.25) is 0 Å². The van der Waals surface area contributed by atoms with Crippen molar-refractivity contribution in [2.24, 2.45) is 0 Å². The Morgan fingerprint density at radius 2 is 0.522 bits per heavy atom. The minimum Gasteiger partial charge on any atom is -0.359 e. The van der Waals surface area contributed by atoms with Crippen molar-refractivity contribution in [3.8, 4) is 545 Å². The Hall–Kier alpha value is -22.0. The molecule has 2 spiro atoms. The quantitative estimate of drug-likeness (QED) is 0.359. The van der Waals surface area contributed by atoms with Gasteiger partial charge in [-0.1, -0.05) is 25.0 Å². The lowest BCUT2D eigenvalue weighted by molar-refractivity contribution is -0.121. The van der Waals surface area contributed by atoms with Crippen LogP contribution >= 0.6 is 0 Å². The van der Waals surface area contributed by atoms with Gasteiger partial charge in [0.15, 0.2) is 5.78 Å². The average molecular weight is 1740 g/mol. The third kappa shape index (κ3) is 60.5. The van der Waals surface area contributed by atoms with E-state index in [2.05, 4.69) is 566 Å². The summed E-state index contributed by atoms with van der Waals surface area (Å²) in [6, 6.07) is 6.14. The second-order valence-electron chi connectivity index (χ2n) is 24.0. The van der Waals surface area contributed by atoms with Crippen LogP contribution in [0.1, 0.15) is 69.2 Å². The van der Waals surface area contributed by atoms with E-state index in [9.17, 15) is 18.0 Å². The highest BCUT2D eigenvalue weighted by atomic mass is 32.2. The maximum absolute atomic E-state index is 13.0. The van der Waals surface area contributed by atoms with Crippen molar-refractivity contribution in [2.75, 3.05) is 86.7 Å². The molecule has 11 nitrogen and oxygen atoms in total. The minimum atomic E-state index is -3.63. The van der Waals surface area contributed by atoms with Gasteiger partial charge >= 0.3 is 0 Å². The molecule has 0 aliphatic carbocycles. The fourth-order valence-electron chi connectivity index (χ4n) is 8.92. The van der Waals surface area contributed by atoms with E-state index in [-0.39, 0.29) is 16.4 Å². The van der Waals surface area contributed by atoms with E-state index in [1.807, 2.05) is 21.0 Å². The molecular weight excluding hydrogens is 1690 g/mol. The number of carbonyl (C=O) groups is 2. The van der Waals surface area contributed by atoms with E-state index < -0.39 is 15.7 Å². The smallest absolute Gasteiger partial charge is 0.245 e. The highest BCUT2D eigenvalue weighted by Gasteiger charge is 2.50. The molecule has 5 aliphatic heterocycles. The van der Waals surface area contributed by atoms with Crippen molar-refractivity contribution in [1.29, 1.82) is 0 Å². The number of sulfonamides is 1. The number of ketones is 2. The number of hydrogen-bond acceptors (Lipinski definition) is 10. The molecule has 0 saturated carbocycles. The fourth-order valence-corrected chi connectivity index (χ4v) is 10.6. The molecule has 0 unspecified atom stereocenters. The Kier molecular flexibility index (Phi) is 61.9. The number of rotatable bonds is 3. The predicted molar refractivity (Wildman–Crippen MR) is 530 cm³/mol. The van der Waals surface area contributed by atoms with Crippen LogP contribution in [0.25, 0.3) is 0 Å². The molecule has 0 aromatic heterocycles. The third-order valence-corrected chi connectivity index (χ3v) is 16.8. The van der Waals surface area contributed by atoms with Crippen LogP contribution < -0.4 is 5.32 Å². The molecule has 5 fully saturated rings. The topological polar surface area (TPSA) is 112 Å². The zero-order valence-corrected chi connectivity index (χ0v) is 74.4. The van der Waals surface area contributed by atoms with Crippen LogP contribution in [0.15, 0.2) is 29.2 Å². The standard InChI is InChI=1S/C94H6.C16H22N2O4S.C8H16N2O.C6H11NO/c1-3-5-7-9-11-13-15-17-19-21-23-25-27-29-31-33-35-37-39-41-43-45-47-49-51-53-55-57-59-61-63-65-67-69-71-73-75-77-79-81-83-85-87-89-91-93-94-92-90-88-86-84-82-80-78-76-74-72-70-68-66-64-62-60-58-56-54-52-50-48-46-44-42-40-38-36-34-32-30-28-26-24-22-20-18-16-14-12-10-8-6-4-2;1-13(19)14-3-5-15(6-4-14)23(20,21)18-11-12-22-16(18)7-9-17(2)10-8-16;1-10-5-2-8(3-6-10)9-4-7-11-8;1-7-4-2-6(8)3-5-7/h1H,4H2,2H3;3-6H,7-12H2,1-2H3;9H,2-7H2,1H3;2-5H2,1H3. The van der Waals surface area contributed by atoms with Gasteiger partial charge in [-0.15, -0.1) is 6.42 Å². The van der Waals surface area contributed by atoms with Crippen molar-refractivity contribution in [3.05, 3.63) is 29.8 Å². The summed E-state index contributed by atoms with van der Waals surface area (Å²) in [4.78, 5) is 28.9. The molecule has 0 radical (unpaired) electrons. The number of nitrogens with zero attached hydrogens (tertiary/aromatic N) is 4. The molecule has 6 rings (SSSR count). The molecule has 618 valence electrons. The predicted octanol–water partition coefficient (Wildman–Crippen LogP) is 2.82. The number of likely N-dealkylation sites (tertiary alicyclic amines) is 3. The first-order valence-corrected chi connectivity index (χ1v) is 40.5. The van der Waals surface area contributed by atoms with Crippen molar-refractivity contribution in [1.82, 2.24) is 24.3 Å². The number of carbonyl (C=O) groups excluding carboxylic acids is 2. The van der Waals surface area contributed by atoms with E-state index >= 15 is 0 Å². The first kappa shape index (κ1) is 108. The number of benzene rings is 1. The molecule has 5 aliphatic rings. The zero-order chi connectivity index (χ0) is 97.4. The normalized spacial score (nSPS) is 10.5. The lowest BCUT2D eigenvalue weighted by Crippen LogP contribution is -2.54. The molecule has 1 aromatic rings. The van der Waals surface area contributed by atoms with Crippen LogP contribution in [0.4, 0.5) is 0 Å². The van der Waals surface area contributed by atoms with Crippen LogP contribution in [-0.2, 0) is 24.3 Å². The van der Waals surface area contributed by atoms with E-state index in [4.69, 9.17) is 15.9 Å². The number of piperidine rings is 3. The number of ether oxygens (including phenoxy) is 2. The monoisotopic (exact) mass is 1740 g/mol. The van der Waals surface area contributed by atoms with Crippen molar-refractivity contribution < 1.29 is 27.5 Å². The van der Waals surface area contributed by atoms with E-state index in [0.29, 0.717) is 37.3 Å². The molecule has 0 atom stereocenters. The molecule has 5 heterocycles. The van der Waals surface area contributed by atoms with E-state index in [1.165, 1.54) is 23.4 Å². The molecule has 5 saturated heterocycles. The van der Waals surface area contributed by atoms with Crippen molar-refractivity contribution in [2.45, 2.75) is 75.1 Å². The summed E-state index contributed by atoms with van der Waals surface area (Å²) < 4.78 is 39.1. The largest absolute Gasteiger partial charge is 0.359 e. The SMILES string of the molecule is C#CC#CC#CC#CC#CC#CC#CC#CC#CC#CC#CC#CC#CC#CC#CC#CC#CC#CC#CC#CC#CC#CC#CC#CC#CC#CC#CC#CC#CC#CC#CC#CC#CC#CC#CC#CC#CC#CC#CC#CC#CC#CC#CC#CC#CC#CCC.CC(=O)c1ccc(S(=O)(=O)N2CCOC23CCN(C)CC3)cc1.CN1CCC(=O)CC1.CN1CCC2(CC1)NCCO2. The Balaban J connectivity index is 0.000000895. The maximum Gasteiger partial charge on any atom is 0.245 e. The minimum absolute atomic E-state index is 0.0620. The summed E-state index contributed by atoms with van der Waals surface area (Å²) in [5, 5.41) is 3.44. The van der Waals surface area contributed by atoms with Crippen LogP contribution in [0.3, 0.4) is 0 Å². The van der Waals surface area contributed by atoms with Gasteiger partial charge < -0.3 is 24.2 Å². The first-order valence-electron chi connectivity index (χ1n) is 39.0. The Morgan fingerprint density at radius 1 is 0.309 bits per heavy atom. The van der Waals surface area contributed by atoms with Crippen LogP contribution in [0, 0.1) is 545 Å². The summed E-state index contributed by atoms with van der Waals surface area (Å²) in [5.74, 6) is 228. The number of nitrogens with one attached hydrogen (secondary N) is 1.